The fourth-order valence-electron chi connectivity index (χ4n) is 4.37. The molecule has 30 heavy (non-hydrogen) atoms. The first kappa shape index (κ1) is 20.5. The molecule has 3 aromatic heterocycles. The largest absolute Gasteiger partial charge is 0.352 e. The van der Waals surface area contributed by atoms with Gasteiger partial charge in [0.25, 0.3) is 0 Å². The highest BCUT2D eigenvalue weighted by atomic mass is 32.1. The van der Waals surface area contributed by atoms with Gasteiger partial charge in [0.15, 0.2) is 5.11 Å². The van der Waals surface area contributed by atoms with Crippen molar-refractivity contribution in [3.05, 3.63) is 77.0 Å². The summed E-state index contributed by atoms with van der Waals surface area (Å²) in [4.78, 5) is 11.6. The maximum Gasteiger partial charge on any atom is 0.170 e. The molecule has 0 bridgehead atoms. The van der Waals surface area contributed by atoms with Gasteiger partial charge in [-0.1, -0.05) is 26.0 Å². The second-order valence-corrected chi connectivity index (χ2v) is 8.92. The lowest BCUT2D eigenvalue weighted by Gasteiger charge is -2.29. The Hall–Kier alpha value is -2.73. The van der Waals surface area contributed by atoms with Gasteiger partial charge in [0, 0.05) is 30.3 Å². The lowest BCUT2D eigenvalue weighted by Crippen LogP contribution is -2.33. The van der Waals surface area contributed by atoms with Gasteiger partial charge in [-0.05, 0) is 74.3 Å². The molecule has 0 amide bonds. The van der Waals surface area contributed by atoms with E-state index in [1.165, 1.54) is 17.0 Å². The van der Waals surface area contributed by atoms with E-state index >= 15 is 0 Å². The van der Waals surface area contributed by atoms with Crippen LogP contribution in [0.4, 0.5) is 0 Å². The summed E-state index contributed by atoms with van der Waals surface area (Å²) in [6.07, 6.45) is 3.77. The van der Waals surface area contributed by atoms with E-state index in [1.807, 2.05) is 24.5 Å². The van der Waals surface area contributed by atoms with Gasteiger partial charge >= 0.3 is 0 Å². The average molecular weight is 420 g/mol. The molecule has 5 nitrogen and oxygen atoms in total. The molecule has 1 saturated heterocycles. The molecule has 0 saturated carbocycles. The van der Waals surface area contributed by atoms with Crippen LogP contribution in [-0.4, -0.2) is 31.1 Å². The number of aromatic nitrogens is 3. The SMILES string of the molecule is Cc1ccc(-n2c(C)cc([C@H]3[C@@H](c4ccccn4)NC(=S)N3CC(C)C)c2C)nc1. The first-order valence-electron chi connectivity index (χ1n) is 10.5. The molecule has 2 atom stereocenters. The monoisotopic (exact) mass is 419 g/mol. The van der Waals surface area contributed by atoms with E-state index in [0.29, 0.717) is 5.92 Å². The van der Waals surface area contributed by atoms with Crippen LogP contribution in [0.2, 0.25) is 0 Å². The first-order valence-corrected chi connectivity index (χ1v) is 10.9. The summed E-state index contributed by atoms with van der Waals surface area (Å²) in [7, 11) is 0. The number of nitrogens with one attached hydrogen (secondary N) is 1. The quantitative estimate of drug-likeness (QED) is 0.601. The lowest BCUT2D eigenvalue weighted by molar-refractivity contribution is 0.287. The van der Waals surface area contributed by atoms with Gasteiger partial charge in [-0.15, -0.1) is 0 Å². The van der Waals surface area contributed by atoms with Crippen LogP contribution >= 0.6 is 12.2 Å². The van der Waals surface area contributed by atoms with Crippen molar-refractivity contribution in [3.8, 4) is 5.82 Å². The lowest BCUT2D eigenvalue weighted by atomic mass is 9.96. The molecule has 6 heteroatoms. The highest BCUT2D eigenvalue weighted by Gasteiger charge is 2.41. The number of hydrogen-bond donors (Lipinski definition) is 1. The van der Waals surface area contributed by atoms with Crippen molar-refractivity contribution in [2.45, 2.75) is 46.7 Å². The summed E-state index contributed by atoms with van der Waals surface area (Å²) >= 11 is 5.77. The van der Waals surface area contributed by atoms with Gasteiger partial charge in [-0.2, -0.15) is 0 Å². The van der Waals surface area contributed by atoms with Crippen LogP contribution in [0.3, 0.4) is 0 Å². The third-order valence-corrected chi connectivity index (χ3v) is 6.03. The van der Waals surface area contributed by atoms with Crippen molar-refractivity contribution in [2.24, 2.45) is 5.92 Å². The molecule has 0 radical (unpaired) electrons. The van der Waals surface area contributed by atoms with Gasteiger partial charge in [0.05, 0.1) is 17.8 Å². The number of aryl methyl sites for hydroxylation is 2. The average Bonchev–Trinajstić information content (AvgIpc) is 3.19. The molecule has 156 valence electrons. The zero-order valence-corrected chi connectivity index (χ0v) is 19.1. The van der Waals surface area contributed by atoms with E-state index in [-0.39, 0.29) is 12.1 Å². The van der Waals surface area contributed by atoms with Gasteiger partial charge in [-0.3, -0.25) is 4.98 Å². The Bertz CT molecular complexity index is 1040. The molecule has 1 N–H and O–H groups in total. The second kappa shape index (κ2) is 8.19. The van der Waals surface area contributed by atoms with Gasteiger partial charge in [-0.25, -0.2) is 4.98 Å². The Morgan fingerprint density at radius 1 is 1.10 bits per heavy atom. The van der Waals surface area contributed by atoms with Gasteiger partial charge in [0.2, 0.25) is 0 Å². The van der Waals surface area contributed by atoms with Crippen LogP contribution in [0.5, 0.6) is 0 Å². The van der Waals surface area contributed by atoms with E-state index in [0.717, 1.165) is 28.7 Å². The van der Waals surface area contributed by atoms with Crippen molar-refractivity contribution >= 4 is 17.3 Å². The second-order valence-electron chi connectivity index (χ2n) is 8.53. The summed E-state index contributed by atoms with van der Waals surface area (Å²) in [5, 5.41) is 4.34. The summed E-state index contributed by atoms with van der Waals surface area (Å²) < 4.78 is 2.24. The summed E-state index contributed by atoms with van der Waals surface area (Å²) in [5.41, 5.74) is 5.79. The number of pyridine rings is 2. The van der Waals surface area contributed by atoms with Crippen LogP contribution in [0, 0.1) is 26.7 Å². The highest BCUT2D eigenvalue weighted by Crippen LogP contribution is 2.41. The standard InChI is InChI=1S/C24H29N5S/c1-15(2)14-28-23(22(27-24(28)30)20-8-6-7-11-25-20)19-12-17(4)29(18(19)5)21-10-9-16(3)13-26-21/h6-13,15,22-23H,14H2,1-5H3,(H,27,30)/t22-,23+/m1/s1. The van der Waals surface area contributed by atoms with Gasteiger partial charge in [0.1, 0.15) is 5.82 Å². The van der Waals surface area contributed by atoms with E-state index in [4.69, 9.17) is 12.2 Å². The maximum atomic E-state index is 5.77. The first-order chi connectivity index (χ1) is 14.4. The number of nitrogens with zero attached hydrogens (tertiary/aromatic N) is 4. The molecule has 0 aromatic carbocycles. The maximum absolute atomic E-state index is 5.77. The van der Waals surface area contributed by atoms with Crippen molar-refractivity contribution in [1.29, 1.82) is 0 Å². The molecule has 0 aliphatic carbocycles. The molecular formula is C24H29N5S. The van der Waals surface area contributed by atoms with Crippen molar-refractivity contribution in [2.75, 3.05) is 6.54 Å². The normalized spacial score (nSPS) is 18.9. The van der Waals surface area contributed by atoms with E-state index in [1.54, 1.807) is 0 Å². The zero-order valence-electron chi connectivity index (χ0n) is 18.3. The molecule has 1 aliphatic heterocycles. The van der Waals surface area contributed by atoms with Crippen molar-refractivity contribution < 1.29 is 0 Å². The van der Waals surface area contributed by atoms with Crippen LogP contribution < -0.4 is 5.32 Å². The van der Waals surface area contributed by atoms with E-state index in [2.05, 4.69) is 83.6 Å². The molecule has 1 fully saturated rings. The Morgan fingerprint density at radius 2 is 1.90 bits per heavy atom. The van der Waals surface area contributed by atoms with Gasteiger partial charge < -0.3 is 14.8 Å². The molecule has 0 spiro atoms. The Labute approximate surface area is 184 Å². The highest BCUT2D eigenvalue weighted by molar-refractivity contribution is 7.80. The minimum atomic E-state index is 0.0115. The topological polar surface area (TPSA) is 46.0 Å². The smallest absolute Gasteiger partial charge is 0.170 e. The molecular weight excluding hydrogens is 390 g/mol. The number of hydrogen-bond acceptors (Lipinski definition) is 3. The Morgan fingerprint density at radius 3 is 2.53 bits per heavy atom. The van der Waals surface area contributed by atoms with Crippen molar-refractivity contribution in [3.63, 3.8) is 0 Å². The van der Waals surface area contributed by atoms with Crippen LogP contribution in [0.25, 0.3) is 5.82 Å². The zero-order chi connectivity index (χ0) is 21.4. The third-order valence-electron chi connectivity index (χ3n) is 5.67. The fraction of sp³-hybridized carbons (Fsp3) is 0.375. The fourth-order valence-corrected chi connectivity index (χ4v) is 4.68. The third kappa shape index (κ3) is 3.72. The predicted molar refractivity (Wildman–Crippen MR) is 125 cm³/mol. The predicted octanol–water partition coefficient (Wildman–Crippen LogP) is 4.82. The number of rotatable bonds is 5. The molecule has 4 heterocycles. The molecule has 1 aliphatic rings. The summed E-state index contributed by atoms with van der Waals surface area (Å²) in [5.74, 6) is 1.44. The van der Waals surface area contributed by atoms with Crippen LogP contribution in [0.1, 0.15) is 54.1 Å². The molecule has 3 aromatic rings. The Kier molecular flexibility index (Phi) is 5.60. The minimum Gasteiger partial charge on any atom is -0.352 e. The van der Waals surface area contributed by atoms with Crippen molar-refractivity contribution in [1.82, 2.24) is 24.8 Å². The van der Waals surface area contributed by atoms with Crippen LogP contribution in [-0.2, 0) is 0 Å². The number of thiocarbonyl (C=S) groups is 1. The molecule has 0 unspecified atom stereocenters. The minimum absolute atomic E-state index is 0.0115. The Balaban J connectivity index is 1.83. The summed E-state index contributed by atoms with van der Waals surface area (Å²) in [6.45, 7) is 11.7. The molecule has 4 rings (SSSR count). The van der Waals surface area contributed by atoms with E-state index in [9.17, 15) is 0 Å². The van der Waals surface area contributed by atoms with E-state index < -0.39 is 0 Å². The summed E-state index contributed by atoms with van der Waals surface area (Å²) in [6, 6.07) is 12.6. The van der Waals surface area contributed by atoms with Crippen LogP contribution in [0.15, 0.2) is 48.8 Å².